The van der Waals surface area contributed by atoms with Gasteiger partial charge < -0.3 is 4.74 Å². The maximum atomic E-state index is 5.90. The lowest BCUT2D eigenvalue weighted by atomic mass is 9.85. The van der Waals surface area contributed by atoms with E-state index >= 15 is 0 Å². The summed E-state index contributed by atoms with van der Waals surface area (Å²) in [5.74, 6) is 1.53. The first-order valence-electron chi connectivity index (χ1n) is 11.3. The van der Waals surface area contributed by atoms with Crippen molar-refractivity contribution in [2.24, 2.45) is 5.92 Å². The van der Waals surface area contributed by atoms with Crippen LogP contribution in [0.4, 0.5) is 0 Å². The number of aryl methyl sites for hydroxylation is 1. The van der Waals surface area contributed by atoms with Crippen LogP contribution in [0.5, 0.6) is 5.75 Å². The predicted octanol–water partition coefficient (Wildman–Crippen LogP) is 8.31. The topological polar surface area (TPSA) is 9.23 Å². The van der Waals surface area contributed by atoms with Gasteiger partial charge in [0.2, 0.25) is 0 Å². The summed E-state index contributed by atoms with van der Waals surface area (Å²) < 4.78 is 5.90. The minimum Gasteiger partial charge on any atom is -0.493 e. The van der Waals surface area contributed by atoms with Gasteiger partial charge >= 0.3 is 0 Å². The maximum absolute atomic E-state index is 5.90. The molecule has 0 aliphatic heterocycles. The second-order valence-electron chi connectivity index (χ2n) is 9.40. The number of hydrogen-bond acceptors (Lipinski definition) is 1. The van der Waals surface area contributed by atoms with Crippen LogP contribution in [0.25, 0.3) is 22.3 Å². The van der Waals surface area contributed by atoms with E-state index in [1.807, 2.05) is 0 Å². The molecule has 0 heterocycles. The average molecular weight is 401 g/mol. The Balaban J connectivity index is 1.82. The number of hydrogen-bond donors (Lipinski definition) is 0. The Labute approximate surface area is 183 Å². The zero-order chi connectivity index (χ0) is 21.7. The van der Waals surface area contributed by atoms with Gasteiger partial charge in [0.25, 0.3) is 0 Å². The Kier molecular flexibility index (Phi) is 7.02. The van der Waals surface area contributed by atoms with Gasteiger partial charge in [0.05, 0.1) is 6.61 Å². The van der Waals surface area contributed by atoms with Crippen LogP contribution in [0.1, 0.15) is 59.1 Å². The van der Waals surface area contributed by atoms with E-state index in [-0.39, 0.29) is 5.41 Å². The lowest BCUT2D eigenvalue weighted by Gasteiger charge is -2.19. The Hall–Kier alpha value is -2.54. The molecule has 3 aromatic rings. The fourth-order valence-corrected chi connectivity index (χ4v) is 3.60. The van der Waals surface area contributed by atoms with E-state index in [9.17, 15) is 0 Å². The molecule has 0 saturated carbocycles. The van der Waals surface area contributed by atoms with E-state index in [1.165, 1.54) is 33.4 Å². The largest absolute Gasteiger partial charge is 0.493 e. The molecule has 158 valence electrons. The molecule has 0 aromatic heterocycles. The molecule has 0 aliphatic rings. The van der Waals surface area contributed by atoms with Gasteiger partial charge in [-0.1, -0.05) is 103 Å². The zero-order valence-electron chi connectivity index (χ0n) is 19.5. The third-order valence-corrected chi connectivity index (χ3v) is 5.97. The monoisotopic (exact) mass is 400 g/mol. The van der Waals surface area contributed by atoms with Gasteiger partial charge in [0.1, 0.15) is 5.75 Å². The fraction of sp³-hybridized carbons (Fsp3) is 0.379. The van der Waals surface area contributed by atoms with Crippen molar-refractivity contribution in [1.29, 1.82) is 0 Å². The first kappa shape index (κ1) is 22.2. The average Bonchev–Trinajstić information content (AvgIpc) is 2.76. The first-order chi connectivity index (χ1) is 14.3. The van der Waals surface area contributed by atoms with Crippen LogP contribution in [0.3, 0.4) is 0 Å². The molecule has 0 radical (unpaired) electrons. The Bertz CT molecular complexity index is 943. The van der Waals surface area contributed by atoms with Gasteiger partial charge in [0, 0.05) is 0 Å². The van der Waals surface area contributed by atoms with E-state index in [0.29, 0.717) is 5.92 Å². The number of benzene rings is 3. The van der Waals surface area contributed by atoms with Crippen molar-refractivity contribution in [2.75, 3.05) is 6.61 Å². The maximum Gasteiger partial charge on any atom is 0.119 e. The molecule has 0 bridgehead atoms. The van der Waals surface area contributed by atoms with Crippen LogP contribution in [0.2, 0.25) is 0 Å². The highest BCUT2D eigenvalue weighted by atomic mass is 16.5. The van der Waals surface area contributed by atoms with Gasteiger partial charge in [-0.05, 0) is 63.3 Å². The minimum atomic E-state index is 0.181. The Morgan fingerprint density at radius 2 is 1.37 bits per heavy atom. The highest BCUT2D eigenvalue weighted by Gasteiger charge is 2.14. The summed E-state index contributed by atoms with van der Waals surface area (Å²) in [7, 11) is 0. The molecule has 0 spiro atoms. The SMILES string of the molecule is CCc1cc(-c2ccc(OCC(C)CC)cc2)ccc1-c1ccc(C(C)(C)C)cc1. The van der Waals surface area contributed by atoms with Gasteiger partial charge in [-0.2, -0.15) is 0 Å². The van der Waals surface area contributed by atoms with Crippen LogP contribution in [0, 0.1) is 5.92 Å². The highest BCUT2D eigenvalue weighted by molar-refractivity contribution is 5.74. The lowest BCUT2D eigenvalue weighted by Crippen LogP contribution is -2.10. The van der Waals surface area contributed by atoms with E-state index in [2.05, 4.69) is 108 Å². The quantitative estimate of drug-likeness (QED) is 0.387. The van der Waals surface area contributed by atoms with Gasteiger partial charge in [0.15, 0.2) is 0 Å². The predicted molar refractivity (Wildman–Crippen MR) is 130 cm³/mol. The van der Waals surface area contributed by atoms with Crippen molar-refractivity contribution in [2.45, 2.75) is 59.8 Å². The van der Waals surface area contributed by atoms with Crippen molar-refractivity contribution in [3.05, 3.63) is 77.9 Å². The summed E-state index contributed by atoms with van der Waals surface area (Å²) in [5.41, 5.74) is 8.05. The van der Waals surface area contributed by atoms with Crippen molar-refractivity contribution >= 4 is 0 Å². The fourth-order valence-electron chi connectivity index (χ4n) is 3.60. The van der Waals surface area contributed by atoms with Crippen LogP contribution in [-0.4, -0.2) is 6.61 Å². The second kappa shape index (κ2) is 9.51. The molecule has 30 heavy (non-hydrogen) atoms. The standard InChI is InChI=1S/C29H36O/c1-7-21(3)20-30-27-16-11-23(12-17-27)25-13-18-28(22(8-2)19-25)24-9-14-26(15-10-24)29(4,5)6/h9-19,21H,7-8,20H2,1-6H3. The van der Waals surface area contributed by atoms with Gasteiger partial charge in [-0.15, -0.1) is 0 Å². The second-order valence-corrected chi connectivity index (χ2v) is 9.40. The molecular formula is C29H36O. The molecule has 1 nitrogen and oxygen atoms in total. The van der Waals surface area contributed by atoms with Crippen LogP contribution in [0.15, 0.2) is 66.7 Å². The van der Waals surface area contributed by atoms with Crippen LogP contribution >= 0.6 is 0 Å². The third-order valence-electron chi connectivity index (χ3n) is 5.97. The van der Waals surface area contributed by atoms with Gasteiger partial charge in [-0.3, -0.25) is 0 Å². The summed E-state index contributed by atoms with van der Waals surface area (Å²) >= 11 is 0. The van der Waals surface area contributed by atoms with E-state index < -0.39 is 0 Å². The Morgan fingerprint density at radius 3 is 1.93 bits per heavy atom. The molecule has 0 amide bonds. The third kappa shape index (κ3) is 5.33. The highest BCUT2D eigenvalue weighted by Crippen LogP contribution is 2.32. The summed E-state index contributed by atoms with van der Waals surface area (Å²) in [6.07, 6.45) is 2.16. The van der Waals surface area contributed by atoms with Crippen molar-refractivity contribution in [3.63, 3.8) is 0 Å². The molecule has 0 fully saturated rings. The summed E-state index contributed by atoms with van der Waals surface area (Å²) in [6, 6.07) is 24.4. The molecule has 0 aliphatic carbocycles. The summed E-state index contributed by atoms with van der Waals surface area (Å²) in [5, 5.41) is 0. The number of rotatable bonds is 7. The minimum absolute atomic E-state index is 0.181. The van der Waals surface area contributed by atoms with Crippen LogP contribution in [-0.2, 0) is 11.8 Å². The summed E-state index contributed by atoms with van der Waals surface area (Å²) in [6.45, 7) is 14.2. The molecule has 3 aromatic carbocycles. The number of ether oxygens (including phenoxy) is 1. The van der Waals surface area contributed by atoms with Crippen molar-refractivity contribution < 1.29 is 4.74 Å². The van der Waals surface area contributed by atoms with Gasteiger partial charge in [-0.25, -0.2) is 0 Å². The van der Waals surface area contributed by atoms with E-state index in [0.717, 1.165) is 25.2 Å². The molecule has 3 rings (SSSR count). The van der Waals surface area contributed by atoms with E-state index in [4.69, 9.17) is 4.74 Å². The van der Waals surface area contributed by atoms with Crippen molar-refractivity contribution in [1.82, 2.24) is 0 Å². The Morgan fingerprint density at radius 1 is 0.767 bits per heavy atom. The first-order valence-corrected chi connectivity index (χ1v) is 11.3. The molecule has 1 unspecified atom stereocenters. The lowest BCUT2D eigenvalue weighted by molar-refractivity contribution is 0.256. The molecule has 0 N–H and O–H groups in total. The van der Waals surface area contributed by atoms with E-state index in [1.54, 1.807) is 0 Å². The summed E-state index contributed by atoms with van der Waals surface area (Å²) in [4.78, 5) is 0. The molecule has 1 atom stereocenters. The molecule has 1 heteroatoms. The smallest absolute Gasteiger partial charge is 0.119 e. The van der Waals surface area contributed by atoms with Crippen LogP contribution < -0.4 is 4.74 Å². The zero-order valence-corrected chi connectivity index (χ0v) is 19.5. The van der Waals surface area contributed by atoms with Crippen molar-refractivity contribution in [3.8, 4) is 28.0 Å². The molecule has 0 saturated heterocycles. The normalized spacial score (nSPS) is 12.6. The molecular weight excluding hydrogens is 364 g/mol.